The molecular weight excluding hydrogens is 381 g/mol. The minimum Gasteiger partial charge on any atom is -0.370 e. The van der Waals surface area contributed by atoms with Gasteiger partial charge in [0, 0.05) is 38.4 Å². The van der Waals surface area contributed by atoms with Crippen molar-refractivity contribution < 1.29 is 22.6 Å². The molecule has 7 heteroatoms. The molecule has 3 aliphatic rings. The highest BCUT2D eigenvalue weighted by Gasteiger charge is 2.44. The molecule has 0 bridgehead atoms. The fraction of sp³-hybridized carbons (Fsp3) is 0.727. The maximum absolute atomic E-state index is 13.0. The molecule has 0 N–H and O–H groups in total. The lowest BCUT2D eigenvalue weighted by Crippen LogP contribution is -2.57. The Balaban J connectivity index is 1.28. The Kier molecular flexibility index (Phi) is 6.09. The lowest BCUT2D eigenvalue weighted by molar-refractivity contribution is -0.241. The molecule has 1 aromatic rings. The predicted molar refractivity (Wildman–Crippen MR) is 106 cm³/mol. The lowest BCUT2D eigenvalue weighted by Gasteiger charge is -2.48. The average molecular weight is 412 g/mol. The largest absolute Gasteiger partial charge is 0.416 e. The number of alkyl halides is 3. The molecular formula is C22H31F3N2O2. The number of hydrogen-bond acceptors (Lipinski definition) is 4. The van der Waals surface area contributed by atoms with Gasteiger partial charge in [-0.15, -0.1) is 0 Å². The van der Waals surface area contributed by atoms with Crippen LogP contribution in [0.25, 0.3) is 0 Å². The Hall–Kier alpha value is -1.31. The number of halogens is 3. The summed E-state index contributed by atoms with van der Waals surface area (Å²) in [7, 11) is 0. The van der Waals surface area contributed by atoms with Crippen LogP contribution in [-0.2, 0) is 15.7 Å². The monoisotopic (exact) mass is 412 g/mol. The fourth-order valence-corrected chi connectivity index (χ4v) is 4.98. The molecule has 4 nitrogen and oxygen atoms in total. The van der Waals surface area contributed by atoms with Crippen molar-refractivity contribution >= 4 is 5.69 Å². The zero-order chi connectivity index (χ0) is 20.5. The molecule has 0 aromatic heterocycles. The SMILES string of the molecule is CC1OC(CN2CCN(c3cccc(C(F)(F)F)c3)CC2)COC12CCCCC2. The van der Waals surface area contributed by atoms with E-state index in [1.54, 1.807) is 6.07 Å². The number of benzene rings is 1. The van der Waals surface area contributed by atoms with Crippen molar-refractivity contribution in [1.29, 1.82) is 0 Å². The predicted octanol–water partition coefficient (Wildman–Crippen LogP) is 4.33. The Morgan fingerprint density at radius 1 is 1.07 bits per heavy atom. The number of piperazine rings is 1. The van der Waals surface area contributed by atoms with Crippen molar-refractivity contribution in [2.75, 3.05) is 44.2 Å². The van der Waals surface area contributed by atoms with Crippen LogP contribution in [0, 0.1) is 0 Å². The van der Waals surface area contributed by atoms with E-state index in [4.69, 9.17) is 9.47 Å². The van der Waals surface area contributed by atoms with Crippen LogP contribution in [0.1, 0.15) is 44.6 Å². The van der Waals surface area contributed by atoms with E-state index in [0.717, 1.165) is 38.5 Å². The van der Waals surface area contributed by atoms with Crippen LogP contribution in [-0.4, -0.2) is 62.0 Å². The Labute approximate surface area is 170 Å². The number of ether oxygens (including phenoxy) is 2. The molecule has 0 radical (unpaired) electrons. The van der Waals surface area contributed by atoms with E-state index in [-0.39, 0.29) is 17.8 Å². The van der Waals surface area contributed by atoms with Gasteiger partial charge in [-0.3, -0.25) is 4.90 Å². The highest BCUT2D eigenvalue weighted by molar-refractivity contribution is 5.49. The summed E-state index contributed by atoms with van der Waals surface area (Å²) in [5.41, 5.74) is -0.0304. The van der Waals surface area contributed by atoms with Crippen LogP contribution in [0.3, 0.4) is 0 Å². The Morgan fingerprint density at radius 2 is 1.79 bits per heavy atom. The highest BCUT2D eigenvalue weighted by Crippen LogP contribution is 2.39. The molecule has 2 unspecified atom stereocenters. The Bertz CT molecular complexity index is 683. The highest BCUT2D eigenvalue weighted by atomic mass is 19.4. The molecule has 1 saturated carbocycles. The summed E-state index contributed by atoms with van der Waals surface area (Å²) < 4.78 is 51.6. The second kappa shape index (κ2) is 8.44. The van der Waals surface area contributed by atoms with Gasteiger partial charge in [0.1, 0.15) is 0 Å². The first-order valence-corrected chi connectivity index (χ1v) is 10.8. The van der Waals surface area contributed by atoms with Crippen molar-refractivity contribution in [3.63, 3.8) is 0 Å². The van der Waals surface area contributed by atoms with Gasteiger partial charge in [0.2, 0.25) is 0 Å². The fourth-order valence-electron chi connectivity index (χ4n) is 4.98. The van der Waals surface area contributed by atoms with Gasteiger partial charge >= 0.3 is 6.18 Å². The third-order valence-electron chi connectivity index (χ3n) is 6.77. The average Bonchev–Trinajstić information content (AvgIpc) is 2.72. The van der Waals surface area contributed by atoms with E-state index in [2.05, 4.69) is 11.8 Å². The zero-order valence-corrected chi connectivity index (χ0v) is 17.1. The molecule has 1 aromatic carbocycles. The minimum atomic E-state index is -4.30. The summed E-state index contributed by atoms with van der Waals surface area (Å²) in [5.74, 6) is 0. The van der Waals surface area contributed by atoms with E-state index < -0.39 is 11.7 Å². The topological polar surface area (TPSA) is 24.9 Å². The molecule has 2 saturated heterocycles. The van der Waals surface area contributed by atoms with Crippen molar-refractivity contribution in [2.24, 2.45) is 0 Å². The summed E-state index contributed by atoms with van der Waals surface area (Å²) in [5, 5.41) is 0. The summed E-state index contributed by atoms with van der Waals surface area (Å²) in [6, 6.07) is 5.62. The smallest absolute Gasteiger partial charge is 0.370 e. The maximum atomic E-state index is 13.0. The van der Waals surface area contributed by atoms with Crippen molar-refractivity contribution in [1.82, 2.24) is 4.90 Å². The first kappa shape index (κ1) is 20.9. The van der Waals surface area contributed by atoms with Gasteiger partial charge in [0.05, 0.1) is 30.0 Å². The van der Waals surface area contributed by atoms with Crippen molar-refractivity contribution in [3.8, 4) is 0 Å². The molecule has 3 fully saturated rings. The third kappa shape index (κ3) is 4.72. The maximum Gasteiger partial charge on any atom is 0.416 e. The standard InChI is InChI=1S/C22H31F3N2O2/c1-17-21(8-3-2-4-9-21)28-16-20(29-17)15-26-10-12-27(13-11-26)19-7-5-6-18(14-19)22(23,24)25/h5-7,14,17,20H,2-4,8-13,15-16H2,1H3. The first-order valence-electron chi connectivity index (χ1n) is 10.8. The molecule has 2 atom stereocenters. The van der Waals surface area contributed by atoms with Gasteiger partial charge in [-0.2, -0.15) is 13.2 Å². The van der Waals surface area contributed by atoms with Crippen LogP contribution in [0.2, 0.25) is 0 Å². The van der Waals surface area contributed by atoms with Crippen molar-refractivity contribution in [2.45, 2.75) is 63.0 Å². The second-order valence-corrected chi connectivity index (χ2v) is 8.67. The van der Waals surface area contributed by atoms with Crippen LogP contribution in [0.5, 0.6) is 0 Å². The normalized spacial score (nSPS) is 28.6. The van der Waals surface area contributed by atoms with Gasteiger partial charge < -0.3 is 14.4 Å². The van der Waals surface area contributed by atoms with E-state index in [9.17, 15) is 13.2 Å². The molecule has 162 valence electrons. The summed E-state index contributed by atoms with van der Waals surface area (Å²) >= 11 is 0. The van der Waals surface area contributed by atoms with Crippen LogP contribution < -0.4 is 4.90 Å². The van der Waals surface area contributed by atoms with E-state index in [1.165, 1.54) is 31.4 Å². The second-order valence-electron chi connectivity index (χ2n) is 8.67. The molecule has 2 aliphatic heterocycles. The number of nitrogens with zero attached hydrogens (tertiary/aromatic N) is 2. The van der Waals surface area contributed by atoms with Gasteiger partial charge in [-0.25, -0.2) is 0 Å². The van der Waals surface area contributed by atoms with Crippen LogP contribution in [0.4, 0.5) is 18.9 Å². The van der Waals surface area contributed by atoms with Gasteiger partial charge in [0.15, 0.2) is 0 Å². The molecule has 1 aliphatic carbocycles. The summed E-state index contributed by atoms with van der Waals surface area (Å²) in [6.07, 6.45) is 1.80. The molecule has 1 spiro atoms. The lowest BCUT2D eigenvalue weighted by atomic mass is 9.80. The van der Waals surface area contributed by atoms with Gasteiger partial charge in [-0.05, 0) is 38.0 Å². The zero-order valence-electron chi connectivity index (χ0n) is 17.1. The van der Waals surface area contributed by atoms with Gasteiger partial charge in [0.25, 0.3) is 0 Å². The van der Waals surface area contributed by atoms with Crippen LogP contribution in [0.15, 0.2) is 24.3 Å². The Morgan fingerprint density at radius 3 is 2.45 bits per heavy atom. The molecule has 2 heterocycles. The van der Waals surface area contributed by atoms with E-state index in [0.29, 0.717) is 25.4 Å². The van der Waals surface area contributed by atoms with E-state index in [1.807, 2.05) is 4.90 Å². The van der Waals surface area contributed by atoms with E-state index >= 15 is 0 Å². The molecule has 29 heavy (non-hydrogen) atoms. The minimum absolute atomic E-state index is 0.0673. The molecule has 4 rings (SSSR count). The molecule has 0 amide bonds. The summed E-state index contributed by atoms with van der Waals surface area (Å²) in [4.78, 5) is 4.37. The van der Waals surface area contributed by atoms with Crippen LogP contribution >= 0.6 is 0 Å². The quantitative estimate of drug-likeness (QED) is 0.738. The number of anilines is 1. The van der Waals surface area contributed by atoms with Gasteiger partial charge in [-0.1, -0.05) is 25.3 Å². The first-order chi connectivity index (χ1) is 13.9. The number of rotatable bonds is 3. The number of hydrogen-bond donors (Lipinski definition) is 0. The van der Waals surface area contributed by atoms with Crippen molar-refractivity contribution in [3.05, 3.63) is 29.8 Å². The summed E-state index contributed by atoms with van der Waals surface area (Å²) in [6.45, 7) is 6.66. The third-order valence-corrected chi connectivity index (χ3v) is 6.77.